The lowest BCUT2D eigenvalue weighted by atomic mass is 10.2. The topological polar surface area (TPSA) is 77.8 Å². The Morgan fingerprint density at radius 2 is 2.11 bits per heavy atom. The summed E-state index contributed by atoms with van der Waals surface area (Å²) in [6, 6.07) is 0.746. The van der Waals surface area contributed by atoms with Crippen LogP contribution in [0.4, 0.5) is 13.2 Å². The lowest BCUT2D eigenvalue weighted by Gasteiger charge is -2.06. The van der Waals surface area contributed by atoms with Crippen LogP contribution in [0.3, 0.4) is 0 Å². The van der Waals surface area contributed by atoms with Gasteiger partial charge in [0, 0.05) is 6.20 Å². The second-order valence-corrected chi connectivity index (χ2v) is 3.68. The van der Waals surface area contributed by atoms with Gasteiger partial charge in [-0.2, -0.15) is 18.2 Å². The number of rotatable bonds is 2. The van der Waals surface area contributed by atoms with Crippen molar-refractivity contribution in [1.82, 2.24) is 15.1 Å². The highest BCUT2D eigenvalue weighted by atomic mass is 35.5. The van der Waals surface area contributed by atoms with Crippen LogP contribution in [-0.4, -0.2) is 15.1 Å². The third-order valence-corrected chi connectivity index (χ3v) is 2.31. The lowest BCUT2D eigenvalue weighted by Crippen LogP contribution is -2.05. The highest BCUT2D eigenvalue weighted by Gasteiger charge is 2.32. The molecule has 18 heavy (non-hydrogen) atoms. The van der Waals surface area contributed by atoms with E-state index in [0.29, 0.717) is 6.20 Å². The van der Waals surface area contributed by atoms with Crippen LogP contribution in [0, 0.1) is 0 Å². The number of halogens is 4. The zero-order valence-corrected chi connectivity index (χ0v) is 9.46. The molecule has 0 amide bonds. The van der Waals surface area contributed by atoms with Gasteiger partial charge in [-0.05, 0) is 6.07 Å². The molecule has 0 aromatic carbocycles. The highest BCUT2D eigenvalue weighted by molar-refractivity contribution is 6.32. The molecule has 0 radical (unpaired) electrons. The maximum absolute atomic E-state index is 12.4. The first-order chi connectivity index (χ1) is 8.41. The van der Waals surface area contributed by atoms with E-state index in [4.69, 9.17) is 21.9 Å². The molecular weight excluding hydrogens is 273 g/mol. The predicted octanol–water partition coefficient (Wildman–Crippen LogP) is 2.26. The summed E-state index contributed by atoms with van der Waals surface area (Å²) in [6.45, 7) is 0.0434. The van der Waals surface area contributed by atoms with E-state index in [0.717, 1.165) is 6.07 Å². The number of hydrogen-bond acceptors (Lipinski definition) is 5. The van der Waals surface area contributed by atoms with Crippen molar-refractivity contribution < 1.29 is 17.7 Å². The lowest BCUT2D eigenvalue weighted by molar-refractivity contribution is -0.137. The molecule has 2 aromatic heterocycles. The Labute approximate surface area is 104 Å². The number of aromatic nitrogens is 3. The molecule has 2 heterocycles. The number of nitrogens with zero attached hydrogens (tertiary/aromatic N) is 3. The third-order valence-electron chi connectivity index (χ3n) is 2.02. The minimum atomic E-state index is -4.51. The molecule has 0 fully saturated rings. The summed E-state index contributed by atoms with van der Waals surface area (Å²) in [4.78, 5) is 7.39. The van der Waals surface area contributed by atoms with Crippen molar-refractivity contribution in [2.75, 3.05) is 0 Å². The summed E-state index contributed by atoms with van der Waals surface area (Å²) in [5.74, 6) is 0.136. The maximum atomic E-state index is 12.4. The van der Waals surface area contributed by atoms with Crippen LogP contribution in [0.15, 0.2) is 16.8 Å². The molecule has 0 saturated carbocycles. The number of pyridine rings is 1. The molecule has 0 saturated heterocycles. The standard InChI is InChI=1S/C9H6ClF3N4O/c10-5-1-4(9(11,12)13)3-15-7(5)8-16-6(2-14)17-18-8/h1,3H,2,14H2. The van der Waals surface area contributed by atoms with E-state index in [1.165, 1.54) is 0 Å². The number of hydrogen-bond donors (Lipinski definition) is 1. The van der Waals surface area contributed by atoms with Crippen LogP contribution in [0.1, 0.15) is 11.4 Å². The van der Waals surface area contributed by atoms with Gasteiger partial charge < -0.3 is 10.3 Å². The van der Waals surface area contributed by atoms with E-state index < -0.39 is 11.7 Å². The van der Waals surface area contributed by atoms with Crippen molar-refractivity contribution in [1.29, 1.82) is 0 Å². The van der Waals surface area contributed by atoms with Gasteiger partial charge >= 0.3 is 6.18 Å². The van der Waals surface area contributed by atoms with Crippen molar-refractivity contribution in [2.45, 2.75) is 12.7 Å². The first kappa shape index (κ1) is 12.8. The summed E-state index contributed by atoms with van der Waals surface area (Å²) >= 11 is 5.70. The minimum absolute atomic E-state index is 0.0168. The van der Waals surface area contributed by atoms with Gasteiger partial charge in [0.05, 0.1) is 17.1 Å². The molecule has 2 rings (SSSR count). The Bertz CT molecular complexity index is 569. The molecule has 5 nitrogen and oxygen atoms in total. The van der Waals surface area contributed by atoms with Gasteiger partial charge in [0.1, 0.15) is 5.69 Å². The Morgan fingerprint density at radius 3 is 2.61 bits per heavy atom. The van der Waals surface area contributed by atoms with Crippen molar-refractivity contribution in [3.05, 3.63) is 28.7 Å². The van der Waals surface area contributed by atoms with Gasteiger partial charge in [0.25, 0.3) is 5.89 Å². The normalized spacial score (nSPS) is 11.8. The van der Waals surface area contributed by atoms with E-state index in [1.54, 1.807) is 0 Å². The second kappa shape index (κ2) is 4.54. The SMILES string of the molecule is NCc1noc(-c2ncc(C(F)(F)F)cc2Cl)n1. The average molecular weight is 279 g/mol. The molecule has 2 aromatic rings. The summed E-state index contributed by atoms with van der Waals surface area (Å²) in [5.41, 5.74) is 4.31. The zero-order valence-electron chi connectivity index (χ0n) is 8.70. The van der Waals surface area contributed by atoms with Gasteiger partial charge in [-0.15, -0.1) is 0 Å². The minimum Gasteiger partial charge on any atom is -0.332 e. The Morgan fingerprint density at radius 1 is 1.39 bits per heavy atom. The van der Waals surface area contributed by atoms with E-state index in [-0.39, 0.29) is 29.0 Å². The summed E-state index contributed by atoms with van der Waals surface area (Å²) in [6.07, 6.45) is -3.86. The quantitative estimate of drug-likeness (QED) is 0.911. The van der Waals surface area contributed by atoms with E-state index in [9.17, 15) is 13.2 Å². The van der Waals surface area contributed by atoms with Crippen molar-refractivity contribution in [3.8, 4) is 11.6 Å². The third kappa shape index (κ3) is 2.44. The fraction of sp³-hybridized carbons (Fsp3) is 0.222. The second-order valence-electron chi connectivity index (χ2n) is 3.27. The highest BCUT2D eigenvalue weighted by Crippen LogP contribution is 2.33. The summed E-state index contributed by atoms with van der Waals surface area (Å²) in [7, 11) is 0. The fourth-order valence-corrected chi connectivity index (χ4v) is 1.43. The molecule has 96 valence electrons. The van der Waals surface area contributed by atoms with E-state index >= 15 is 0 Å². The van der Waals surface area contributed by atoms with Gasteiger partial charge in [-0.25, -0.2) is 4.98 Å². The van der Waals surface area contributed by atoms with Gasteiger partial charge in [-0.3, -0.25) is 0 Å². The Kier molecular flexibility index (Phi) is 3.22. The molecule has 0 aliphatic heterocycles. The fourth-order valence-electron chi connectivity index (χ4n) is 1.18. The van der Waals surface area contributed by atoms with Gasteiger partial charge in [-0.1, -0.05) is 16.8 Å². The molecule has 0 bridgehead atoms. The van der Waals surface area contributed by atoms with Crippen LogP contribution >= 0.6 is 11.6 Å². The van der Waals surface area contributed by atoms with E-state index in [1.807, 2.05) is 0 Å². The molecule has 0 aliphatic carbocycles. The molecule has 0 spiro atoms. The number of alkyl halides is 3. The molecular formula is C9H6ClF3N4O. The first-order valence-electron chi connectivity index (χ1n) is 4.67. The van der Waals surface area contributed by atoms with Crippen LogP contribution in [0.2, 0.25) is 5.02 Å². The Hall–Kier alpha value is -1.67. The molecule has 0 atom stereocenters. The van der Waals surface area contributed by atoms with Crippen LogP contribution in [0.5, 0.6) is 0 Å². The van der Waals surface area contributed by atoms with Crippen molar-refractivity contribution in [3.63, 3.8) is 0 Å². The van der Waals surface area contributed by atoms with Crippen molar-refractivity contribution in [2.24, 2.45) is 5.73 Å². The molecule has 9 heteroatoms. The van der Waals surface area contributed by atoms with Crippen LogP contribution in [-0.2, 0) is 12.7 Å². The molecule has 2 N–H and O–H groups in total. The van der Waals surface area contributed by atoms with Crippen LogP contribution in [0.25, 0.3) is 11.6 Å². The van der Waals surface area contributed by atoms with E-state index in [2.05, 4.69) is 15.1 Å². The summed E-state index contributed by atoms with van der Waals surface area (Å²) in [5, 5.41) is 3.27. The summed E-state index contributed by atoms with van der Waals surface area (Å²) < 4.78 is 42.0. The monoisotopic (exact) mass is 278 g/mol. The van der Waals surface area contributed by atoms with Crippen LogP contribution < -0.4 is 5.73 Å². The Balaban J connectivity index is 2.41. The first-order valence-corrected chi connectivity index (χ1v) is 5.05. The van der Waals surface area contributed by atoms with Gasteiger partial charge in [0.2, 0.25) is 0 Å². The molecule has 0 unspecified atom stereocenters. The van der Waals surface area contributed by atoms with Gasteiger partial charge in [0.15, 0.2) is 5.82 Å². The zero-order chi connectivity index (χ0) is 13.3. The molecule has 0 aliphatic rings. The van der Waals surface area contributed by atoms with Crippen molar-refractivity contribution >= 4 is 11.6 Å². The maximum Gasteiger partial charge on any atom is 0.417 e. The number of nitrogens with two attached hydrogens (primary N) is 1. The largest absolute Gasteiger partial charge is 0.417 e. The predicted molar refractivity (Wildman–Crippen MR) is 55.4 cm³/mol. The average Bonchev–Trinajstić information content (AvgIpc) is 2.76. The smallest absolute Gasteiger partial charge is 0.332 e.